The second kappa shape index (κ2) is 4.89. The Bertz CT molecular complexity index is 619. The van der Waals surface area contributed by atoms with E-state index < -0.39 is 5.92 Å². The molecule has 0 aliphatic rings. The number of carbonyl (C=O) groups is 1. The number of ketones is 1. The Hall–Kier alpha value is -2.34. The highest BCUT2D eigenvalue weighted by Gasteiger charge is 2.23. The molecule has 0 radical (unpaired) electrons. The topological polar surface area (TPSA) is 54.0 Å². The van der Waals surface area contributed by atoms with Crippen molar-refractivity contribution in [3.63, 3.8) is 0 Å². The van der Waals surface area contributed by atoms with Gasteiger partial charge >= 0.3 is 0 Å². The number of hydrogen-bond acceptors (Lipinski definition) is 3. The number of rotatable bonds is 3. The maximum absolute atomic E-state index is 12.2. The summed E-state index contributed by atoms with van der Waals surface area (Å²) in [6, 6.07) is 11.2. The summed E-state index contributed by atoms with van der Waals surface area (Å²) in [6.07, 6.45) is 1.40. The van der Waals surface area contributed by atoms with Crippen LogP contribution in [-0.2, 0) is 0 Å². The van der Waals surface area contributed by atoms with Crippen molar-refractivity contribution in [2.24, 2.45) is 0 Å². The lowest BCUT2D eigenvalue weighted by atomic mass is 9.92. The molecule has 0 N–H and O–H groups in total. The van der Waals surface area contributed by atoms with E-state index in [2.05, 4.69) is 6.07 Å². The van der Waals surface area contributed by atoms with E-state index >= 15 is 0 Å². The van der Waals surface area contributed by atoms with Crippen molar-refractivity contribution in [1.29, 1.82) is 5.26 Å². The number of hydrogen-bond donors (Lipinski definition) is 0. The molecule has 0 aliphatic carbocycles. The fraction of sp³-hybridized carbons (Fsp3) is 0.200. The van der Waals surface area contributed by atoms with E-state index in [0.29, 0.717) is 11.3 Å². The molecular formula is C15H13NO2. The number of Topliss-reactive ketones (excluding diaryl/α,β-unsaturated/α-hetero) is 1. The van der Waals surface area contributed by atoms with Crippen molar-refractivity contribution >= 4 is 5.78 Å². The van der Waals surface area contributed by atoms with Gasteiger partial charge in [-0.25, -0.2) is 0 Å². The van der Waals surface area contributed by atoms with Crippen molar-refractivity contribution in [1.82, 2.24) is 0 Å². The van der Waals surface area contributed by atoms with Gasteiger partial charge in [0, 0.05) is 0 Å². The third kappa shape index (κ3) is 2.33. The van der Waals surface area contributed by atoms with Gasteiger partial charge in [-0.1, -0.05) is 29.8 Å². The number of carbonyl (C=O) groups excluding carboxylic acids is 1. The number of nitrogens with zero attached hydrogens (tertiary/aromatic N) is 1. The molecule has 0 saturated carbocycles. The standard InChI is InChI=1S/C15H13NO2/c1-10-4-3-5-12(6-10)14(8-16)15(17)13-7-11(2)18-9-13/h3-7,9,14H,1-2H3. The molecule has 1 heterocycles. The second-order valence-corrected chi connectivity index (χ2v) is 4.29. The Labute approximate surface area is 106 Å². The Morgan fingerprint density at radius 3 is 2.67 bits per heavy atom. The third-order valence-electron chi connectivity index (χ3n) is 2.78. The number of aryl methyl sites for hydroxylation is 2. The van der Waals surface area contributed by atoms with E-state index in [9.17, 15) is 10.1 Å². The van der Waals surface area contributed by atoms with E-state index in [1.54, 1.807) is 19.1 Å². The van der Waals surface area contributed by atoms with Crippen molar-refractivity contribution in [3.8, 4) is 6.07 Å². The molecule has 3 heteroatoms. The van der Waals surface area contributed by atoms with Crippen LogP contribution in [0.25, 0.3) is 0 Å². The second-order valence-electron chi connectivity index (χ2n) is 4.29. The van der Waals surface area contributed by atoms with Crippen LogP contribution in [0.2, 0.25) is 0 Å². The molecular weight excluding hydrogens is 226 g/mol. The highest BCUT2D eigenvalue weighted by molar-refractivity contribution is 6.02. The van der Waals surface area contributed by atoms with E-state index in [1.165, 1.54) is 6.26 Å². The summed E-state index contributed by atoms with van der Waals surface area (Å²) in [5.74, 6) is -0.332. The first-order valence-corrected chi connectivity index (χ1v) is 5.67. The lowest BCUT2D eigenvalue weighted by molar-refractivity contribution is 0.0978. The maximum atomic E-state index is 12.2. The van der Waals surface area contributed by atoms with Crippen molar-refractivity contribution in [2.45, 2.75) is 19.8 Å². The first-order valence-electron chi connectivity index (χ1n) is 5.67. The Balaban J connectivity index is 2.35. The molecule has 3 nitrogen and oxygen atoms in total. The Morgan fingerprint density at radius 2 is 2.11 bits per heavy atom. The molecule has 0 amide bonds. The van der Waals surface area contributed by atoms with Gasteiger partial charge in [0.15, 0.2) is 5.78 Å². The van der Waals surface area contributed by atoms with Crippen LogP contribution in [0.4, 0.5) is 0 Å². The quantitative estimate of drug-likeness (QED) is 0.771. The number of nitriles is 1. The predicted molar refractivity (Wildman–Crippen MR) is 67.3 cm³/mol. The Kier molecular flexibility index (Phi) is 3.29. The SMILES string of the molecule is Cc1cccc(C(C#N)C(=O)c2coc(C)c2)c1. The fourth-order valence-corrected chi connectivity index (χ4v) is 1.87. The molecule has 2 rings (SSSR count). The molecule has 1 aromatic carbocycles. The molecule has 1 atom stereocenters. The lowest BCUT2D eigenvalue weighted by Crippen LogP contribution is -2.10. The van der Waals surface area contributed by atoms with Crippen LogP contribution in [0.15, 0.2) is 41.0 Å². The Morgan fingerprint density at radius 1 is 1.33 bits per heavy atom. The van der Waals surface area contributed by atoms with Gasteiger partial charge < -0.3 is 4.42 Å². The molecule has 0 saturated heterocycles. The maximum Gasteiger partial charge on any atom is 0.187 e. The monoisotopic (exact) mass is 239 g/mol. The van der Waals surface area contributed by atoms with Gasteiger partial charge in [0.25, 0.3) is 0 Å². The zero-order valence-corrected chi connectivity index (χ0v) is 10.3. The van der Waals surface area contributed by atoms with E-state index in [0.717, 1.165) is 11.1 Å². The lowest BCUT2D eigenvalue weighted by Gasteiger charge is -2.07. The summed E-state index contributed by atoms with van der Waals surface area (Å²) >= 11 is 0. The molecule has 0 aliphatic heterocycles. The van der Waals surface area contributed by atoms with E-state index in [-0.39, 0.29) is 5.78 Å². The first kappa shape index (κ1) is 12.1. The highest BCUT2D eigenvalue weighted by atomic mass is 16.3. The smallest absolute Gasteiger partial charge is 0.187 e. The van der Waals surface area contributed by atoms with Gasteiger partial charge in [-0.05, 0) is 25.5 Å². The molecule has 0 fully saturated rings. The van der Waals surface area contributed by atoms with Crippen molar-refractivity contribution in [2.75, 3.05) is 0 Å². The summed E-state index contributed by atoms with van der Waals surface area (Å²) in [4.78, 5) is 12.2. The fourth-order valence-electron chi connectivity index (χ4n) is 1.87. The van der Waals surface area contributed by atoms with Gasteiger partial charge in [-0.3, -0.25) is 4.79 Å². The minimum atomic E-state index is -0.776. The highest BCUT2D eigenvalue weighted by Crippen LogP contribution is 2.22. The van der Waals surface area contributed by atoms with Crippen LogP contribution in [0, 0.1) is 25.2 Å². The first-order chi connectivity index (χ1) is 8.61. The van der Waals surface area contributed by atoms with Gasteiger partial charge in [-0.15, -0.1) is 0 Å². The van der Waals surface area contributed by atoms with Gasteiger partial charge in [0.05, 0.1) is 11.6 Å². The summed E-state index contributed by atoms with van der Waals surface area (Å²) < 4.78 is 5.11. The molecule has 18 heavy (non-hydrogen) atoms. The summed E-state index contributed by atoms with van der Waals surface area (Å²) in [6.45, 7) is 3.70. The minimum absolute atomic E-state index is 0.222. The zero-order chi connectivity index (χ0) is 13.1. The molecule has 2 aromatic rings. The minimum Gasteiger partial charge on any atom is -0.469 e. The van der Waals surface area contributed by atoms with Gasteiger partial charge in [0.1, 0.15) is 17.9 Å². The molecule has 1 aromatic heterocycles. The average Bonchev–Trinajstić information content (AvgIpc) is 2.77. The largest absolute Gasteiger partial charge is 0.469 e. The molecule has 0 bridgehead atoms. The molecule has 90 valence electrons. The van der Waals surface area contributed by atoms with Crippen LogP contribution in [0.1, 0.15) is 33.2 Å². The average molecular weight is 239 g/mol. The molecule has 0 spiro atoms. The van der Waals surface area contributed by atoms with E-state index in [4.69, 9.17) is 4.42 Å². The number of furan rings is 1. The van der Waals surface area contributed by atoms with Gasteiger partial charge in [0.2, 0.25) is 0 Å². The van der Waals surface area contributed by atoms with E-state index in [1.807, 2.05) is 25.1 Å². The normalized spacial score (nSPS) is 11.8. The van der Waals surface area contributed by atoms with Crippen molar-refractivity contribution < 1.29 is 9.21 Å². The van der Waals surface area contributed by atoms with Gasteiger partial charge in [-0.2, -0.15) is 5.26 Å². The van der Waals surface area contributed by atoms with Crippen LogP contribution < -0.4 is 0 Å². The number of benzene rings is 1. The summed E-state index contributed by atoms with van der Waals surface area (Å²) in [7, 11) is 0. The van der Waals surface area contributed by atoms with Crippen molar-refractivity contribution in [3.05, 3.63) is 59.0 Å². The van der Waals surface area contributed by atoms with Crippen LogP contribution in [0.3, 0.4) is 0 Å². The molecule has 1 unspecified atom stereocenters. The van der Waals surface area contributed by atoms with Crippen LogP contribution in [-0.4, -0.2) is 5.78 Å². The third-order valence-corrected chi connectivity index (χ3v) is 2.78. The van der Waals surface area contributed by atoms with Crippen LogP contribution in [0.5, 0.6) is 0 Å². The zero-order valence-electron chi connectivity index (χ0n) is 10.3. The summed E-state index contributed by atoms with van der Waals surface area (Å²) in [5.41, 5.74) is 2.20. The predicted octanol–water partition coefficient (Wildman–Crippen LogP) is 3.39. The van der Waals surface area contributed by atoms with Crippen LogP contribution >= 0.6 is 0 Å². The summed E-state index contributed by atoms with van der Waals surface area (Å²) in [5, 5.41) is 9.21.